The lowest BCUT2D eigenvalue weighted by molar-refractivity contribution is -0.113. The SMILES string of the molecule is COc1cc(NC(=O)CSc2nnc(C(C)Oc3ccccc3F)o2)cc(OC)c1OC. The Kier molecular flexibility index (Phi) is 7.77. The molecule has 11 heteroatoms. The van der Waals surface area contributed by atoms with Gasteiger partial charge in [-0.15, -0.1) is 10.2 Å². The summed E-state index contributed by atoms with van der Waals surface area (Å²) in [7, 11) is 4.47. The number of hydrogen-bond donors (Lipinski definition) is 1. The van der Waals surface area contributed by atoms with Gasteiger partial charge in [0.1, 0.15) is 0 Å². The number of benzene rings is 2. The molecule has 0 spiro atoms. The molecule has 3 aromatic rings. The lowest BCUT2D eigenvalue weighted by Gasteiger charge is -2.14. The van der Waals surface area contributed by atoms with Crippen LogP contribution < -0.4 is 24.3 Å². The second-order valence-electron chi connectivity index (χ2n) is 6.35. The Labute approximate surface area is 188 Å². The predicted octanol–water partition coefficient (Wildman–Crippen LogP) is 4.11. The van der Waals surface area contributed by atoms with Crippen molar-refractivity contribution in [2.75, 3.05) is 32.4 Å². The molecule has 0 aliphatic carbocycles. The number of nitrogens with one attached hydrogen (secondary N) is 1. The highest BCUT2D eigenvalue weighted by Gasteiger charge is 2.19. The van der Waals surface area contributed by atoms with Crippen molar-refractivity contribution < 1.29 is 32.5 Å². The molecule has 2 aromatic carbocycles. The van der Waals surface area contributed by atoms with E-state index in [9.17, 15) is 9.18 Å². The molecule has 1 aromatic heterocycles. The number of ether oxygens (including phenoxy) is 4. The topological polar surface area (TPSA) is 105 Å². The minimum absolute atomic E-state index is 0.0147. The molecule has 3 rings (SSSR count). The quantitative estimate of drug-likeness (QED) is 0.445. The van der Waals surface area contributed by atoms with Gasteiger partial charge in [-0.3, -0.25) is 4.79 Å². The fourth-order valence-electron chi connectivity index (χ4n) is 2.70. The van der Waals surface area contributed by atoms with Crippen LogP contribution in [0.5, 0.6) is 23.0 Å². The number of anilines is 1. The van der Waals surface area contributed by atoms with Gasteiger partial charge in [-0.05, 0) is 19.1 Å². The van der Waals surface area contributed by atoms with Gasteiger partial charge in [0.05, 0.1) is 27.1 Å². The van der Waals surface area contributed by atoms with Crippen LogP contribution in [-0.2, 0) is 4.79 Å². The van der Waals surface area contributed by atoms with Crippen molar-refractivity contribution in [2.45, 2.75) is 18.3 Å². The molecule has 1 atom stereocenters. The Balaban J connectivity index is 1.58. The smallest absolute Gasteiger partial charge is 0.277 e. The lowest BCUT2D eigenvalue weighted by Crippen LogP contribution is -2.14. The number of hydrogen-bond acceptors (Lipinski definition) is 9. The first-order valence-electron chi connectivity index (χ1n) is 9.42. The molecule has 0 fully saturated rings. The standard InChI is InChI=1S/C21H22FN3O6S/c1-12(30-15-8-6-5-7-14(15)22)20-24-25-21(31-20)32-11-18(26)23-13-9-16(27-2)19(29-4)17(10-13)28-3/h5-10,12H,11H2,1-4H3,(H,23,26). The number of nitrogens with zero attached hydrogens (tertiary/aromatic N) is 2. The molecule has 9 nitrogen and oxygen atoms in total. The third kappa shape index (κ3) is 5.61. The van der Waals surface area contributed by atoms with Crippen LogP contribution in [0.1, 0.15) is 18.9 Å². The molecule has 1 heterocycles. The van der Waals surface area contributed by atoms with Gasteiger partial charge in [0.2, 0.25) is 11.7 Å². The molecular formula is C21H22FN3O6S. The number of methoxy groups -OCH3 is 3. The summed E-state index contributed by atoms with van der Waals surface area (Å²) in [5.74, 6) is 0.725. The third-order valence-electron chi connectivity index (χ3n) is 4.19. The maximum absolute atomic E-state index is 13.7. The van der Waals surface area contributed by atoms with Crippen LogP contribution in [0.2, 0.25) is 0 Å². The first-order valence-corrected chi connectivity index (χ1v) is 10.4. The van der Waals surface area contributed by atoms with Gasteiger partial charge in [-0.2, -0.15) is 0 Å². The molecule has 0 saturated heterocycles. The normalized spacial score (nSPS) is 11.5. The largest absolute Gasteiger partial charge is 0.493 e. The number of para-hydroxylation sites is 1. The van der Waals surface area contributed by atoms with E-state index in [1.807, 2.05) is 0 Å². The van der Waals surface area contributed by atoms with Crippen molar-refractivity contribution in [1.29, 1.82) is 0 Å². The zero-order valence-electron chi connectivity index (χ0n) is 17.9. The molecule has 0 aliphatic rings. The molecule has 0 bridgehead atoms. The summed E-state index contributed by atoms with van der Waals surface area (Å²) >= 11 is 1.05. The summed E-state index contributed by atoms with van der Waals surface area (Å²) in [6, 6.07) is 9.27. The first-order chi connectivity index (χ1) is 15.4. The van der Waals surface area contributed by atoms with E-state index in [4.69, 9.17) is 23.4 Å². The van der Waals surface area contributed by atoms with Crippen molar-refractivity contribution >= 4 is 23.4 Å². The molecule has 1 unspecified atom stereocenters. The number of carbonyl (C=O) groups is 1. The van der Waals surface area contributed by atoms with E-state index in [1.54, 1.807) is 31.2 Å². The third-order valence-corrected chi connectivity index (χ3v) is 5.00. The summed E-state index contributed by atoms with van der Waals surface area (Å²) in [5, 5.41) is 10.7. The molecule has 32 heavy (non-hydrogen) atoms. The molecule has 170 valence electrons. The Morgan fingerprint density at radius 1 is 1.09 bits per heavy atom. The fourth-order valence-corrected chi connectivity index (χ4v) is 3.27. The molecular weight excluding hydrogens is 441 g/mol. The number of amides is 1. The number of thioether (sulfide) groups is 1. The number of halogens is 1. The highest BCUT2D eigenvalue weighted by Crippen LogP contribution is 2.40. The van der Waals surface area contributed by atoms with E-state index in [0.29, 0.717) is 22.9 Å². The summed E-state index contributed by atoms with van der Waals surface area (Å²) in [4.78, 5) is 12.4. The van der Waals surface area contributed by atoms with Crippen LogP contribution >= 0.6 is 11.8 Å². The highest BCUT2D eigenvalue weighted by atomic mass is 32.2. The first kappa shape index (κ1) is 23.2. The molecule has 0 saturated carbocycles. The summed E-state index contributed by atoms with van der Waals surface area (Å²) in [5.41, 5.74) is 0.475. The monoisotopic (exact) mass is 463 g/mol. The summed E-state index contributed by atoms with van der Waals surface area (Å²) < 4.78 is 40.6. The van der Waals surface area contributed by atoms with Crippen molar-refractivity contribution in [3.8, 4) is 23.0 Å². The van der Waals surface area contributed by atoms with Gasteiger partial charge in [0.25, 0.3) is 11.1 Å². The van der Waals surface area contributed by atoms with Crippen LogP contribution in [0.15, 0.2) is 46.0 Å². The van der Waals surface area contributed by atoms with Crippen LogP contribution in [0.4, 0.5) is 10.1 Å². The van der Waals surface area contributed by atoms with Crippen LogP contribution in [0.3, 0.4) is 0 Å². The van der Waals surface area contributed by atoms with Gasteiger partial charge in [0.15, 0.2) is 29.2 Å². The van der Waals surface area contributed by atoms with Gasteiger partial charge < -0.3 is 28.7 Å². The van der Waals surface area contributed by atoms with E-state index in [1.165, 1.54) is 33.5 Å². The predicted molar refractivity (Wildman–Crippen MR) is 115 cm³/mol. The zero-order valence-corrected chi connectivity index (χ0v) is 18.7. The number of aromatic nitrogens is 2. The van der Waals surface area contributed by atoms with Gasteiger partial charge >= 0.3 is 0 Å². The Morgan fingerprint density at radius 2 is 1.78 bits per heavy atom. The Morgan fingerprint density at radius 3 is 2.41 bits per heavy atom. The van der Waals surface area contributed by atoms with Crippen molar-refractivity contribution in [3.05, 3.63) is 48.1 Å². The highest BCUT2D eigenvalue weighted by molar-refractivity contribution is 7.99. The average molecular weight is 463 g/mol. The zero-order chi connectivity index (χ0) is 23.1. The molecule has 1 N–H and O–H groups in total. The molecule has 0 radical (unpaired) electrons. The van der Waals surface area contributed by atoms with E-state index in [2.05, 4.69) is 15.5 Å². The fraction of sp³-hybridized carbons (Fsp3) is 0.286. The molecule has 1 amide bonds. The van der Waals surface area contributed by atoms with Crippen LogP contribution in [0, 0.1) is 5.82 Å². The molecule has 0 aliphatic heterocycles. The van der Waals surface area contributed by atoms with Gasteiger partial charge in [-0.1, -0.05) is 23.9 Å². The van der Waals surface area contributed by atoms with Crippen molar-refractivity contribution in [1.82, 2.24) is 10.2 Å². The van der Waals surface area contributed by atoms with Crippen molar-refractivity contribution in [2.24, 2.45) is 0 Å². The minimum Gasteiger partial charge on any atom is -0.493 e. The van der Waals surface area contributed by atoms with E-state index < -0.39 is 11.9 Å². The van der Waals surface area contributed by atoms with Crippen LogP contribution in [0.25, 0.3) is 0 Å². The minimum atomic E-state index is -0.665. The van der Waals surface area contributed by atoms with E-state index in [-0.39, 0.29) is 28.5 Å². The lowest BCUT2D eigenvalue weighted by atomic mass is 10.2. The van der Waals surface area contributed by atoms with Crippen LogP contribution in [-0.4, -0.2) is 43.2 Å². The Hall–Kier alpha value is -3.47. The number of rotatable bonds is 10. The van der Waals surface area contributed by atoms with Crippen molar-refractivity contribution in [3.63, 3.8) is 0 Å². The van der Waals surface area contributed by atoms with Gasteiger partial charge in [0, 0.05) is 17.8 Å². The maximum Gasteiger partial charge on any atom is 0.277 e. The van der Waals surface area contributed by atoms with Gasteiger partial charge in [-0.25, -0.2) is 4.39 Å². The number of carbonyl (C=O) groups excluding carboxylic acids is 1. The second-order valence-corrected chi connectivity index (χ2v) is 7.27. The maximum atomic E-state index is 13.7. The average Bonchev–Trinajstić information content (AvgIpc) is 3.27. The van der Waals surface area contributed by atoms with E-state index >= 15 is 0 Å². The Bertz CT molecular complexity index is 1050. The second kappa shape index (κ2) is 10.7. The summed E-state index contributed by atoms with van der Waals surface area (Å²) in [6.07, 6.45) is -0.665. The summed E-state index contributed by atoms with van der Waals surface area (Å²) in [6.45, 7) is 1.66. The van der Waals surface area contributed by atoms with E-state index in [0.717, 1.165) is 11.8 Å².